The highest BCUT2D eigenvalue weighted by Gasteiger charge is 2.60. The van der Waals surface area contributed by atoms with Gasteiger partial charge in [0.2, 0.25) is 0 Å². The maximum atomic E-state index is 3.91. The Kier molecular flexibility index (Phi) is 5.19. The molecule has 3 fully saturated rings. The molecule has 0 amide bonds. The van der Waals surface area contributed by atoms with Gasteiger partial charge < -0.3 is 10.6 Å². The second-order valence-electron chi connectivity index (χ2n) is 9.11. The third-order valence-corrected chi connectivity index (χ3v) is 7.85. The molecule has 3 aliphatic carbocycles. The number of nitrogens with one attached hydrogen (secondary N) is 2. The third kappa shape index (κ3) is 3.11. The monoisotopic (exact) mass is 306 g/mol. The smallest absolute Gasteiger partial charge is 0.0129 e. The van der Waals surface area contributed by atoms with Gasteiger partial charge in [0.25, 0.3) is 0 Å². The van der Waals surface area contributed by atoms with Crippen LogP contribution in [0.15, 0.2) is 0 Å². The van der Waals surface area contributed by atoms with E-state index in [0.29, 0.717) is 10.8 Å². The van der Waals surface area contributed by atoms with Crippen LogP contribution in [0.4, 0.5) is 0 Å². The first-order valence-electron chi connectivity index (χ1n) is 10.0. The first kappa shape index (κ1) is 16.8. The van der Waals surface area contributed by atoms with Crippen molar-refractivity contribution in [3.63, 3.8) is 0 Å². The van der Waals surface area contributed by atoms with Crippen molar-refractivity contribution in [3.05, 3.63) is 0 Å². The summed E-state index contributed by atoms with van der Waals surface area (Å²) >= 11 is 0. The summed E-state index contributed by atoms with van der Waals surface area (Å²) < 4.78 is 0. The number of rotatable bonds is 5. The van der Waals surface area contributed by atoms with E-state index in [1.165, 1.54) is 64.2 Å². The van der Waals surface area contributed by atoms with Crippen LogP contribution in [-0.2, 0) is 0 Å². The van der Waals surface area contributed by atoms with E-state index in [9.17, 15) is 0 Å². The van der Waals surface area contributed by atoms with Crippen LogP contribution in [0.3, 0.4) is 0 Å². The van der Waals surface area contributed by atoms with E-state index >= 15 is 0 Å². The van der Waals surface area contributed by atoms with Gasteiger partial charge in [0.15, 0.2) is 0 Å². The van der Waals surface area contributed by atoms with Gasteiger partial charge in [-0.25, -0.2) is 0 Å². The molecule has 0 spiro atoms. The topological polar surface area (TPSA) is 24.1 Å². The Morgan fingerprint density at radius 2 is 1.45 bits per heavy atom. The Labute approximate surface area is 138 Å². The normalized spacial score (nSPS) is 38.9. The van der Waals surface area contributed by atoms with E-state index in [4.69, 9.17) is 0 Å². The van der Waals surface area contributed by atoms with E-state index < -0.39 is 0 Å². The van der Waals surface area contributed by atoms with Crippen molar-refractivity contribution in [2.24, 2.45) is 16.7 Å². The summed E-state index contributed by atoms with van der Waals surface area (Å²) in [5, 5.41) is 7.74. The minimum absolute atomic E-state index is 0.526. The molecule has 0 aliphatic heterocycles. The van der Waals surface area contributed by atoms with Crippen LogP contribution in [0.5, 0.6) is 0 Å². The predicted octanol–water partition coefficient (Wildman–Crippen LogP) is 4.49. The van der Waals surface area contributed by atoms with Crippen molar-refractivity contribution in [3.8, 4) is 0 Å². The van der Waals surface area contributed by atoms with Crippen LogP contribution in [0, 0.1) is 16.7 Å². The Hall–Kier alpha value is -0.0800. The lowest BCUT2D eigenvalue weighted by atomic mass is 9.69. The molecular weight excluding hydrogens is 268 g/mol. The van der Waals surface area contributed by atoms with Crippen LogP contribution in [0.1, 0.15) is 85.0 Å². The highest BCUT2D eigenvalue weighted by molar-refractivity contribution is 5.12. The first-order valence-corrected chi connectivity index (χ1v) is 10.0. The highest BCUT2D eigenvalue weighted by atomic mass is 15.0. The molecule has 128 valence electrons. The Morgan fingerprint density at radius 1 is 0.818 bits per heavy atom. The van der Waals surface area contributed by atoms with Gasteiger partial charge in [0.05, 0.1) is 0 Å². The minimum atomic E-state index is 0.526. The molecule has 22 heavy (non-hydrogen) atoms. The average molecular weight is 307 g/mol. The zero-order chi connectivity index (χ0) is 15.6. The van der Waals surface area contributed by atoms with Gasteiger partial charge in [-0.05, 0) is 48.9 Å². The van der Waals surface area contributed by atoms with Crippen molar-refractivity contribution >= 4 is 0 Å². The van der Waals surface area contributed by atoms with E-state index in [1.807, 2.05) is 0 Å². The lowest BCUT2D eigenvalue weighted by molar-refractivity contribution is 0.121. The molecule has 2 nitrogen and oxygen atoms in total. The van der Waals surface area contributed by atoms with Crippen LogP contribution in [0.25, 0.3) is 0 Å². The Morgan fingerprint density at radius 3 is 2.05 bits per heavy atom. The fraction of sp³-hybridized carbons (Fsp3) is 1.00. The zero-order valence-corrected chi connectivity index (χ0v) is 15.2. The molecule has 3 aliphatic rings. The molecule has 0 aromatic carbocycles. The summed E-state index contributed by atoms with van der Waals surface area (Å²) in [4.78, 5) is 0. The van der Waals surface area contributed by atoms with Crippen LogP contribution >= 0.6 is 0 Å². The number of hydrogen-bond acceptors (Lipinski definition) is 2. The Bertz CT molecular complexity index is 357. The van der Waals surface area contributed by atoms with Gasteiger partial charge in [0.1, 0.15) is 0 Å². The van der Waals surface area contributed by atoms with Crippen molar-refractivity contribution in [2.45, 2.75) is 97.1 Å². The molecule has 0 saturated heterocycles. The quantitative estimate of drug-likeness (QED) is 0.731. The maximum absolute atomic E-state index is 3.91. The molecule has 2 N–H and O–H groups in total. The largest absolute Gasteiger partial charge is 0.313 e. The van der Waals surface area contributed by atoms with Gasteiger partial charge >= 0.3 is 0 Å². The SMILES string of the molecule is CC1(C)C2CC[C@@]1(C)[C@@H](NCCNC1CCCCCCC1)C2. The fourth-order valence-electron chi connectivity index (χ4n) is 5.70. The molecule has 3 rings (SSSR count). The summed E-state index contributed by atoms with van der Waals surface area (Å²) in [6, 6.07) is 1.54. The second kappa shape index (κ2) is 6.81. The van der Waals surface area contributed by atoms with Crippen molar-refractivity contribution < 1.29 is 0 Å². The minimum Gasteiger partial charge on any atom is -0.313 e. The van der Waals surface area contributed by atoms with E-state index in [1.54, 1.807) is 0 Å². The molecule has 0 heterocycles. The van der Waals surface area contributed by atoms with E-state index in [2.05, 4.69) is 31.4 Å². The van der Waals surface area contributed by atoms with Crippen LogP contribution in [0.2, 0.25) is 0 Å². The second-order valence-corrected chi connectivity index (χ2v) is 9.11. The standard InChI is InChI=1S/C20H38N2/c1-19(2)16-11-12-20(19,3)18(15-16)22-14-13-21-17-9-7-5-4-6-8-10-17/h16-18,21-22H,4-15H2,1-3H3/t16?,18-,20-/m0/s1. The summed E-state index contributed by atoms with van der Waals surface area (Å²) in [5.41, 5.74) is 1.07. The van der Waals surface area contributed by atoms with Gasteiger partial charge in [0, 0.05) is 25.2 Å². The number of fused-ring (bicyclic) bond motifs is 2. The van der Waals surface area contributed by atoms with E-state index in [-0.39, 0.29) is 0 Å². The summed E-state index contributed by atoms with van der Waals surface area (Å²) in [7, 11) is 0. The molecule has 2 bridgehead atoms. The summed E-state index contributed by atoms with van der Waals surface area (Å²) in [6.45, 7) is 9.88. The van der Waals surface area contributed by atoms with Crippen LogP contribution in [-0.4, -0.2) is 25.2 Å². The van der Waals surface area contributed by atoms with Crippen molar-refractivity contribution in [2.75, 3.05) is 13.1 Å². The maximum Gasteiger partial charge on any atom is 0.0129 e. The molecule has 0 aromatic rings. The van der Waals surface area contributed by atoms with E-state index in [0.717, 1.165) is 31.1 Å². The van der Waals surface area contributed by atoms with Gasteiger partial charge in [-0.2, -0.15) is 0 Å². The van der Waals surface area contributed by atoms with Gasteiger partial charge in [-0.1, -0.05) is 52.9 Å². The molecular formula is C20H38N2. The molecule has 3 atom stereocenters. The van der Waals surface area contributed by atoms with Crippen molar-refractivity contribution in [1.29, 1.82) is 0 Å². The summed E-state index contributed by atoms with van der Waals surface area (Å²) in [6.07, 6.45) is 14.3. The molecule has 2 heteroatoms. The van der Waals surface area contributed by atoms with Crippen molar-refractivity contribution in [1.82, 2.24) is 10.6 Å². The lowest BCUT2D eigenvalue weighted by Gasteiger charge is -2.39. The lowest BCUT2D eigenvalue weighted by Crippen LogP contribution is -2.47. The molecule has 0 radical (unpaired) electrons. The fourth-order valence-corrected chi connectivity index (χ4v) is 5.70. The average Bonchev–Trinajstić information content (AvgIpc) is 2.78. The zero-order valence-electron chi connectivity index (χ0n) is 15.2. The molecule has 3 saturated carbocycles. The summed E-state index contributed by atoms with van der Waals surface area (Å²) in [5.74, 6) is 0.952. The van der Waals surface area contributed by atoms with Crippen LogP contribution < -0.4 is 10.6 Å². The molecule has 0 aromatic heterocycles. The first-order chi connectivity index (χ1) is 10.5. The Balaban J connectivity index is 1.39. The highest BCUT2D eigenvalue weighted by Crippen LogP contribution is 2.65. The molecule has 1 unspecified atom stereocenters. The number of hydrogen-bond donors (Lipinski definition) is 2. The predicted molar refractivity (Wildman–Crippen MR) is 95.1 cm³/mol. The third-order valence-electron chi connectivity index (χ3n) is 7.85. The van der Waals surface area contributed by atoms with Gasteiger partial charge in [-0.15, -0.1) is 0 Å². The van der Waals surface area contributed by atoms with Gasteiger partial charge in [-0.3, -0.25) is 0 Å².